The number of phenolic OH excluding ortho intramolecular Hbond substituents is 1. The normalized spacial score (nSPS) is 28.3. The molecule has 4 atom stereocenters. The van der Waals surface area contributed by atoms with Crippen LogP contribution in [0, 0.1) is 0 Å². The second-order valence-corrected chi connectivity index (χ2v) is 7.68. The number of ketones is 2. The number of carbonyl (C=O) groups is 2. The summed E-state index contributed by atoms with van der Waals surface area (Å²) in [6.07, 6.45) is 0.675. The Labute approximate surface area is 173 Å². The van der Waals surface area contributed by atoms with Gasteiger partial charge in [0, 0.05) is 11.1 Å². The highest BCUT2D eigenvalue weighted by Gasteiger charge is 2.40. The summed E-state index contributed by atoms with van der Waals surface area (Å²) >= 11 is 0. The number of ether oxygens (including phenoxy) is 3. The maximum atomic E-state index is 13.3. The van der Waals surface area contributed by atoms with Gasteiger partial charge in [0.05, 0.1) is 30.1 Å². The predicted molar refractivity (Wildman–Crippen MR) is 105 cm³/mol. The standard InChI is InChI=1S/C22H24O8/c1-3-4-16-18-11(5-10(2)29-16)6-12-14(24)7-13(20(26)19(12)21(18)27)22-28-9-15(25)17(8-23)30-22/h5-7,15-17,22-23,25,27H,3-4,8-9H2,1-2H3/t15-,16+,17-,22+/m0/s1. The third-order valence-electron chi connectivity index (χ3n) is 5.55. The number of aromatic hydroxyl groups is 1. The lowest BCUT2D eigenvalue weighted by Gasteiger charge is -2.35. The monoisotopic (exact) mass is 416 g/mol. The third kappa shape index (κ3) is 3.35. The van der Waals surface area contributed by atoms with Gasteiger partial charge in [0.15, 0.2) is 17.9 Å². The highest BCUT2D eigenvalue weighted by molar-refractivity contribution is 6.26. The molecule has 0 saturated carbocycles. The minimum absolute atomic E-state index is 0.0800. The lowest BCUT2D eigenvalue weighted by Crippen LogP contribution is -2.47. The van der Waals surface area contributed by atoms with Gasteiger partial charge in [-0.2, -0.15) is 0 Å². The first-order chi connectivity index (χ1) is 14.3. The number of fused-ring (bicyclic) bond motifs is 2. The molecule has 0 amide bonds. The summed E-state index contributed by atoms with van der Waals surface area (Å²) in [6.45, 7) is 3.17. The number of aliphatic hydroxyl groups is 2. The second kappa shape index (κ2) is 7.96. The largest absolute Gasteiger partial charge is 0.507 e. The molecule has 1 aliphatic carbocycles. The Morgan fingerprint density at radius 3 is 2.70 bits per heavy atom. The quantitative estimate of drug-likeness (QED) is 0.681. The molecule has 2 aliphatic heterocycles. The number of hydrogen-bond acceptors (Lipinski definition) is 8. The Morgan fingerprint density at radius 2 is 2.00 bits per heavy atom. The van der Waals surface area contributed by atoms with Crippen LogP contribution in [0.2, 0.25) is 0 Å². The molecular formula is C22H24O8. The van der Waals surface area contributed by atoms with Gasteiger partial charge < -0.3 is 29.5 Å². The van der Waals surface area contributed by atoms with Crippen LogP contribution < -0.4 is 0 Å². The maximum Gasteiger partial charge on any atom is 0.198 e. The molecule has 1 aromatic carbocycles. The Hall–Kier alpha value is -2.52. The zero-order chi connectivity index (χ0) is 21.6. The molecular weight excluding hydrogens is 392 g/mol. The Kier molecular flexibility index (Phi) is 5.50. The van der Waals surface area contributed by atoms with Crippen LogP contribution >= 0.6 is 0 Å². The van der Waals surface area contributed by atoms with Crippen LogP contribution in [0.3, 0.4) is 0 Å². The van der Waals surface area contributed by atoms with Gasteiger partial charge in [0.2, 0.25) is 0 Å². The van der Waals surface area contributed by atoms with Crippen molar-refractivity contribution in [2.24, 2.45) is 0 Å². The van der Waals surface area contributed by atoms with Crippen LogP contribution in [0.4, 0.5) is 0 Å². The average Bonchev–Trinajstić information content (AvgIpc) is 2.70. The van der Waals surface area contributed by atoms with Crippen molar-refractivity contribution >= 4 is 17.6 Å². The molecule has 0 radical (unpaired) electrons. The van der Waals surface area contributed by atoms with Crippen molar-refractivity contribution < 1.29 is 39.1 Å². The summed E-state index contributed by atoms with van der Waals surface area (Å²) in [5.41, 5.74) is 1.06. The molecule has 0 unspecified atom stereocenters. The highest BCUT2D eigenvalue weighted by Crippen LogP contribution is 2.44. The zero-order valence-electron chi connectivity index (χ0n) is 16.8. The van der Waals surface area contributed by atoms with E-state index in [1.54, 1.807) is 19.1 Å². The lowest BCUT2D eigenvalue weighted by atomic mass is 9.82. The minimum atomic E-state index is -1.23. The van der Waals surface area contributed by atoms with E-state index in [0.717, 1.165) is 12.5 Å². The fraction of sp³-hybridized carbons (Fsp3) is 0.455. The van der Waals surface area contributed by atoms with Crippen molar-refractivity contribution in [1.82, 2.24) is 0 Å². The van der Waals surface area contributed by atoms with Crippen molar-refractivity contribution in [3.63, 3.8) is 0 Å². The van der Waals surface area contributed by atoms with Crippen LogP contribution in [0.5, 0.6) is 5.75 Å². The van der Waals surface area contributed by atoms with E-state index in [1.807, 2.05) is 6.92 Å². The number of Topliss-reactive ketones (excluding diaryl/α,β-unsaturated/α-hetero) is 1. The van der Waals surface area contributed by atoms with Gasteiger partial charge in [-0.3, -0.25) is 9.59 Å². The summed E-state index contributed by atoms with van der Waals surface area (Å²) in [5, 5.41) is 30.2. The van der Waals surface area contributed by atoms with Crippen LogP contribution in [-0.2, 0) is 14.2 Å². The number of rotatable bonds is 4. The van der Waals surface area contributed by atoms with Gasteiger partial charge in [-0.1, -0.05) is 13.3 Å². The number of benzene rings is 1. The van der Waals surface area contributed by atoms with E-state index in [2.05, 4.69) is 0 Å². The highest BCUT2D eigenvalue weighted by atomic mass is 16.7. The van der Waals surface area contributed by atoms with E-state index in [4.69, 9.17) is 14.2 Å². The van der Waals surface area contributed by atoms with Gasteiger partial charge in [-0.05, 0) is 37.1 Å². The first kappa shape index (κ1) is 20.7. The van der Waals surface area contributed by atoms with E-state index in [0.29, 0.717) is 23.3 Å². The molecule has 1 fully saturated rings. The fourth-order valence-corrected chi connectivity index (χ4v) is 4.10. The van der Waals surface area contributed by atoms with Gasteiger partial charge >= 0.3 is 0 Å². The summed E-state index contributed by atoms with van der Waals surface area (Å²) < 4.78 is 16.7. The summed E-state index contributed by atoms with van der Waals surface area (Å²) in [7, 11) is 0. The smallest absolute Gasteiger partial charge is 0.198 e. The fourth-order valence-electron chi connectivity index (χ4n) is 4.10. The number of carbonyl (C=O) groups excluding carboxylic acids is 2. The number of aliphatic hydroxyl groups excluding tert-OH is 2. The van der Waals surface area contributed by atoms with Gasteiger partial charge in [-0.25, -0.2) is 0 Å². The molecule has 0 aromatic heterocycles. The van der Waals surface area contributed by atoms with Crippen molar-refractivity contribution in [3.8, 4) is 5.75 Å². The van der Waals surface area contributed by atoms with Crippen molar-refractivity contribution in [2.45, 2.75) is 51.3 Å². The summed E-state index contributed by atoms with van der Waals surface area (Å²) in [5.74, 6) is -0.655. The van der Waals surface area contributed by atoms with E-state index in [9.17, 15) is 24.9 Å². The molecule has 160 valence electrons. The van der Waals surface area contributed by atoms with Crippen molar-refractivity contribution in [1.29, 1.82) is 0 Å². The predicted octanol–water partition coefficient (Wildman–Crippen LogP) is 2.02. The molecule has 1 saturated heterocycles. The first-order valence-electron chi connectivity index (χ1n) is 9.97. The SMILES string of the molecule is CCC[C@H]1OC(C)=Cc2cc3c(c(O)c21)C(=O)C([C@@H]1OC[C@H](O)[C@H](CO)O1)=CC3=O. The molecule has 2 heterocycles. The van der Waals surface area contributed by atoms with E-state index >= 15 is 0 Å². The minimum Gasteiger partial charge on any atom is -0.507 e. The summed E-state index contributed by atoms with van der Waals surface area (Å²) in [4.78, 5) is 26.1. The van der Waals surface area contributed by atoms with Crippen LogP contribution in [0.15, 0.2) is 23.5 Å². The van der Waals surface area contributed by atoms with E-state index < -0.39 is 42.8 Å². The van der Waals surface area contributed by atoms with Crippen LogP contribution in [-0.4, -0.2) is 58.6 Å². The average molecular weight is 416 g/mol. The van der Waals surface area contributed by atoms with Crippen LogP contribution in [0.1, 0.15) is 64.6 Å². The molecule has 3 N–H and O–H groups in total. The number of phenols is 1. The van der Waals surface area contributed by atoms with E-state index in [1.165, 1.54) is 0 Å². The lowest BCUT2D eigenvalue weighted by molar-refractivity contribution is -0.241. The second-order valence-electron chi connectivity index (χ2n) is 7.68. The molecule has 1 aromatic rings. The summed E-state index contributed by atoms with van der Waals surface area (Å²) in [6, 6.07) is 1.61. The topological polar surface area (TPSA) is 123 Å². The molecule has 30 heavy (non-hydrogen) atoms. The maximum absolute atomic E-state index is 13.3. The Bertz CT molecular complexity index is 960. The Morgan fingerprint density at radius 1 is 1.23 bits per heavy atom. The van der Waals surface area contributed by atoms with Gasteiger partial charge in [-0.15, -0.1) is 0 Å². The molecule has 3 aliphatic rings. The third-order valence-corrected chi connectivity index (χ3v) is 5.55. The number of allylic oxidation sites excluding steroid dienone is 2. The Balaban J connectivity index is 1.77. The van der Waals surface area contributed by atoms with E-state index in [-0.39, 0.29) is 29.1 Å². The molecule has 8 nitrogen and oxygen atoms in total. The molecule has 4 rings (SSSR count). The number of hydrogen-bond donors (Lipinski definition) is 3. The van der Waals surface area contributed by atoms with Crippen molar-refractivity contribution in [2.75, 3.05) is 13.2 Å². The zero-order valence-corrected chi connectivity index (χ0v) is 16.8. The first-order valence-corrected chi connectivity index (χ1v) is 9.97. The molecule has 0 spiro atoms. The van der Waals surface area contributed by atoms with Gasteiger partial charge in [0.1, 0.15) is 24.1 Å². The molecule has 8 heteroatoms. The molecule has 0 bridgehead atoms. The van der Waals surface area contributed by atoms with Crippen molar-refractivity contribution in [3.05, 3.63) is 45.7 Å². The van der Waals surface area contributed by atoms with Gasteiger partial charge in [0.25, 0.3) is 0 Å². The van der Waals surface area contributed by atoms with Crippen LogP contribution in [0.25, 0.3) is 6.08 Å².